The second-order valence-corrected chi connectivity index (χ2v) is 5.61. The third-order valence-electron chi connectivity index (χ3n) is 3.90. The van der Waals surface area contributed by atoms with Gasteiger partial charge in [0.1, 0.15) is 0 Å². The van der Waals surface area contributed by atoms with Crippen molar-refractivity contribution < 1.29 is 4.79 Å². The van der Waals surface area contributed by atoms with Gasteiger partial charge in [0.05, 0.1) is 5.54 Å². The van der Waals surface area contributed by atoms with Gasteiger partial charge in [-0.1, -0.05) is 31.0 Å². The molecule has 2 rings (SSSR count). The van der Waals surface area contributed by atoms with Crippen LogP contribution in [0, 0.1) is 13.8 Å². The lowest BCUT2D eigenvalue weighted by Gasteiger charge is -2.28. The smallest absolute Gasteiger partial charge is 0.252 e. The molecule has 2 nitrogen and oxygen atoms in total. The number of amides is 1. The van der Waals surface area contributed by atoms with Crippen LogP contribution in [0.4, 0.5) is 0 Å². The molecule has 1 aliphatic rings. The number of carbonyl (C=O) groups excluding carboxylic acids is 1. The second kappa shape index (κ2) is 5.31. The van der Waals surface area contributed by atoms with E-state index in [0.29, 0.717) is 5.88 Å². The zero-order valence-corrected chi connectivity index (χ0v) is 11.8. The van der Waals surface area contributed by atoms with Crippen LogP contribution >= 0.6 is 11.6 Å². The van der Waals surface area contributed by atoms with E-state index in [2.05, 4.69) is 5.32 Å². The number of rotatable bonds is 3. The maximum atomic E-state index is 12.4. The number of aryl methyl sites for hydroxylation is 2. The fraction of sp³-hybridized carbons (Fsp3) is 0.533. The molecular weight excluding hydrogens is 246 g/mol. The van der Waals surface area contributed by atoms with E-state index >= 15 is 0 Å². The van der Waals surface area contributed by atoms with Gasteiger partial charge in [-0.3, -0.25) is 4.79 Å². The molecule has 1 saturated carbocycles. The molecule has 1 amide bonds. The Morgan fingerprint density at radius 1 is 1.28 bits per heavy atom. The molecule has 1 aromatic carbocycles. The molecule has 0 aromatic heterocycles. The van der Waals surface area contributed by atoms with Gasteiger partial charge in [-0.2, -0.15) is 0 Å². The first-order chi connectivity index (χ1) is 8.58. The maximum Gasteiger partial charge on any atom is 0.252 e. The van der Waals surface area contributed by atoms with Crippen LogP contribution in [0.25, 0.3) is 0 Å². The quantitative estimate of drug-likeness (QED) is 0.832. The molecule has 0 atom stereocenters. The van der Waals surface area contributed by atoms with E-state index in [9.17, 15) is 4.79 Å². The lowest BCUT2D eigenvalue weighted by Crippen LogP contribution is -2.48. The van der Waals surface area contributed by atoms with E-state index in [1.165, 1.54) is 0 Å². The zero-order valence-electron chi connectivity index (χ0n) is 11.1. The third-order valence-corrected chi connectivity index (χ3v) is 4.41. The first-order valence-corrected chi connectivity index (χ1v) is 7.06. The lowest BCUT2D eigenvalue weighted by atomic mass is 9.97. The predicted octanol–water partition coefficient (Wildman–Crippen LogP) is 3.58. The standard InChI is InChI=1S/C15H20ClNO/c1-11-6-5-7-12(2)13(11)14(18)17-15(10-16)8-3-4-9-15/h5-7H,3-4,8-10H2,1-2H3,(H,17,18). The predicted molar refractivity (Wildman–Crippen MR) is 75.3 cm³/mol. The van der Waals surface area contributed by atoms with Gasteiger partial charge in [0.2, 0.25) is 0 Å². The number of alkyl halides is 1. The monoisotopic (exact) mass is 265 g/mol. The van der Waals surface area contributed by atoms with Gasteiger partial charge in [-0.05, 0) is 37.8 Å². The molecule has 1 aliphatic carbocycles. The average Bonchev–Trinajstić information content (AvgIpc) is 2.78. The van der Waals surface area contributed by atoms with Crippen molar-refractivity contribution in [2.75, 3.05) is 5.88 Å². The third kappa shape index (κ3) is 2.54. The molecule has 0 unspecified atom stereocenters. The maximum absolute atomic E-state index is 12.4. The molecule has 3 heteroatoms. The minimum atomic E-state index is -0.187. The Bertz CT molecular complexity index is 430. The van der Waals surface area contributed by atoms with Crippen LogP contribution in [-0.4, -0.2) is 17.3 Å². The number of nitrogens with one attached hydrogen (secondary N) is 1. The average molecular weight is 266 g/mol. The minimum absolute atomic E-state index is 0.0214. The van der Waals surface area contributed by atoms with E-state index < -0.39 is 0 Å². The van der Waals surface area contributed by atoms with E-state index in [0.717, 1.165) is 42.4 Å². The van der Waals surface area contributed by atoms with Crippen molar-refractivity contribution in [3.05, 3.63) is 34.9 Å². The summed E-state index contributed by atoms with van der Waals surface area (Å²) in [5.41, 5.74) is 2.66. The molecule has 0 saturated heterocycles. The summed E-state index contributed by atoms with van der Waals surface area (Å²) in [6.45, 7) is 3.95. The first-order valence-electron chi connectivity index (χ1n) is 6.53. The summed E-state index contributed by atoms with van der Waals surface area (Å²) >= 11 is 6.06. The molecule has 1 fully saturated rings. The van der Waals surface area contributed by atoms with Crippen LogP contribution in [0.1, 0.15) is 47.2 Å². The largest absolute Gasteiger partial charge is 0.345 e. The molecule has 0 heterocycles. The molecule has 18 heavy (non-hydrogen) atoms. The van der Waals surface area contributed by atoms with Gasteiger partial charge in [0.25, 0.3) is 5.91 Å². The van der Waals surface area contributed by atoms with Crippen molar-refractivity contribution >= 4 is 17.5 Å². The fourth-order valence-electron chi connectivity index (χ4n) is 2.82. The number of benzene rings is 1. The molecule has 0 bridgehead atoms. The highest BCUT2D eigenvalue weighted by Crippen LogP contribution is 2.31. The molecular formula is C15H20ClNO. The molecule has 1 N–H and O–H groups in total. The van der Waals surface area contributed by atoms with Gasteiger partial charge in [0, 0.05) is 11.4 Å². The Hall–Kier alpha value is -1.02. The van der Waals surface area contributed by atoms with Crippen molar-refractivity contribution in [2.45, 2.75) is 45.1 Å². The Kier molecular flexibility index (Phi) is 3.96. The topological polar surface area (TPSA) is 29.1 Å². The highest BCUT2D eigenvalue weighted by molar-refractivity contribution is 6.19. The zero-order chi connectivity index (χ0) is 13.2. The highest BCUT2D eigenvalue weighted by atomic mass is 35.5. The minimum Gasteiger partial charge on any atom is -0.345 e. The lowest BCUT2D eigenvalue weighted by molar-refractivity contribution is 0.0908. The van der Waals surface area contributed by atoms with Gasteiger partial charge in [0.15, 0.2) is 0 Å². The molecule has 0 radical (unpaired) electrons. The van der Waals surface area contributed by atoms with Gasteiger partial charge >= 0.3 is 0 Å². The van der Waals surface area contributed by atoms with Crippen LogP contribution in [0.3, 0.4) is 0 Å². The van der Waals surface area contributed by atoms with Crippen molar-refractivity contribution in [3.8, 4) is 0 Å². The Morgan fingerprint density at radius 2 is 1.83 bits per heavy atom. The van der Waals surface area contributed by atoms with Crippen molar-refractivity contribution in [1.29, 1.82) is 0 Å². The van der Waals surface area contributed by atoms with Crippen LogP contribution in [0.5, 0.6) is 0 Å². The van der Waals surface area contributed by atoms with E-state index in [1.807, 2.05) is 32.0 Å². The van der Waals surface area contributed by atoms with E-state index in [1.54, 1.807) is 0 Å². The molecule has 0 aliphatic heterocycles. The van der Waals surface area contributed by atoms with Crippen LogP contribution in [0.2, 0.25) is 0 Å². The van der Waals surface area contributed by atoms with Crippen LogP contribution < -0.4 is 5.32 Å². The van der Waals surface area contributed by atoms with Crippen LogP contribution in [0.15, 0.2) is 18.2 Å². The number of halogens is 1. The SMILES string of the molecule is Cc1cccc(C)c1C(=O)NC1(CCl)CCCC1. The molecule has 1 aromatic rings. The van der Waals surface area contributed by atoms with Crippen molar-refractivity contribution in [3.63, 3.8) is 0 Å². The van der Waals surface area contributed by atoms with Gasteiger partial charge in [-0.25, -0.2) is 0 Å². The second-order valence-electron chi connectivity index (χ2n) is 5.34. The fourth-order valence-corrected chi connectivity index (χ4v) is 3.15. The van der Waals surface area contributed by atoms with Crippen LogP contribution in [-0.2, 0) is 0 Å². The van der Waals surface area contributed by atoms with Gasteiger partial charge < -0.3 is 5.32 Å². The first kappa shape index (κ1) is 13.4. The molecule has 0 spiro atoms. The van der Waals surface area contributed by atoms with Gasteiger partial charge in [-0.15, -0.1) is 11.6 Å². The highest BCUT2D eigenvalue weighted by Gasteiger charge is 2.35. The summed E-state index contributed by atoms with van der Waals surface area (Å²) in [5, 5.41) is 3.17. The molecule has 98 valence electrons. The van der Waals surface area contributed by atoms with Crippen molar-refractivity contribution in [2.24, 2.45) is 0 Å². The van der Waals surface area contributed by atoms with Crippen molar-refractivity contribution in [1.82, 2.24) is 5.32 Å². The summed E-state index contributed by atoms with van der Waals surface area (Å²) in [6.07, 6.45) is 4.29. The van der Waals surface area contributed by atoms with E-state index in [4.69, 9.17) is 11.6 Å². The number of carbonyl (C=O) groups is 1. The summed E-state index contributed by atoms with van der Waals surface area (Å²) in [6, 6.07) is 5.93. The Morgan fingerprint density at radius 3 is 2.33 bits per heavy atom. The van der Waals surface area contributed by atoms with E-state index in [-0.39, 0.29) is 11.4 Å². The Labute approximate surface area is 114 Å². The summed E-state index contributed by atoms with van der Waals surface area (Å²) in [4.78, 5) is 12.4. The number of hydrogen-bond acceptors (Lipinski definition) is 1. The summed E-state index contributed by atoms with van der Waals surface area (Å²) < 4.78 is 0. The normalized spacial score (nSPS) is 17.7. The summed E-state index contributed by atoms with van der Waals surface area (Å²) in [7, 11) is 0. The summed E-state index contributed by atoms with van der Waals surface area (Å²) in [5.74, 6) is 0.525. The number of hydrogen-bond donors (Lipinski definition) is 1. The Balaban J connectivity index is 2.22.